The number of rotatable bonds is 4. The number of carbonyl (C=O) groups is 1. The largest absolute Gasteiger partial charge is 0.463 e. The second kappa shape index (κ2) is 5.89. The number of hydrogen-bond donors (Lipinski definition) is 0. The quantitative estimate of drug-likeness (QED) is 0.535. The highest BCUT2D eigenvalue weighted by Crippen LogP contribution is 2.50. The van der Waals surface area contributed by atoms with Crippen molar-refractivity contribution in [2.24, 2.45) is 5.41 Å². The molecule has 0 N–H and O–H groups in total. The first-order chi connectivity index (χ1) is 10.4. The minimum absolute atomic E-state index is 0.00848. The van der Waals surface area contributed by atoms with E-state index in [-0.39, 0.29) is 22.5 Å². The number of allylic oxidation sites excluding steroid dienone is 1. The highest BCUT2D eigenvalue weighted by molar-refractivity contribution is 6.74. The molecule has 2 aliphatic carbocycles. The van der Waals surface area contributed by atoms with Crippen molar-refractivity contribution >= 4 is 14.3 Å². The molecule has 0 saturated heterocycles. The molecular formula is C19H32O3Si. The summed E-state index contributed by atoms with van der Waals surface area (Å²) in [5, 5.41) is 0.186. The van der Waals surface area contributed by atoms with Crippen molar-refractivity contribution in [3.05, 3.63) is 22.8 Å². The van der Waals surface area contributed by atoms with E-state index >= 15 is 0 Å². The van der Waals surface area contributed by atoms with Gasteiger partial charge in [-0.05, 0) is 42.6 Å². The molecule has 2 rings (SSSR count). The van der Waals surface area contributed by atoms with Crippen molar-refractivity contribution in [3.63, 3.8) is 0 Å². The average Bonchev–Trinajstić information content (AvgIpc) is 2.36. The monoisotopic (exact) mass is 336 g/mol. The lowest BCUT2D eigenvalue weighted by atomic mass is 9.67. The van der Waals surface area contributed by atoms with Crippen molar-refractivity contribution in [2.45, 2.75) is 78.6 Å². The van der Waals surface area contributed by atoms with Crippen molar-refractivity contribution in [2.75, 3.05) is 6.61 Å². The molecule has 0 heterocycles. The topological polar surface area (TPSA) is 35.5 Å². The van der Waals surface area contributed by atoms with Crippen LogP contribution in [0.5, 0.6) is 0 Å². The predicted molar refractivity (Wildman–Crippen MR) is 96.8 cm³/mol. The van der Waals surface area contributed by atoms with Gasteiger partial charge in [0.15, 0.2) is 8.32 Å². The highest BCUT2D eigenvalue weighted by atomic mass is 28.4. The van der Waals surface area contributed by atoms with Gasteiger partial charge in [-0.1, -0.05) is 40.7 Å². The van der Waals surface area contributed by atoms with Crippen LogP contribution in [0, 0.1) is 5.41 Å². The summed E-state index contributed by atoms with van der Waals surface area (Å²) in [5.74, 6) is -0.148. The summed E-state index contributed by atoms with van der Waals surface area (Å²) in [4.78, 5) is 12.1. The van der Waals surface area contributed by atoms with E-state index in [1.54, 1.807) is 0 Å². The summed E-state index contributed by atoms with van der Waals surface area (Å²) >= 11 is 0. The summed E-state index contributed by atoms with van der Waals surface area (Å²) < 4.78 is 11.9. The molecule has 0 amide bonds. The van der Waals surface area contributed by atoms with Gasteiger partial charge in [-0.25, -0.2) is 4.79 Å². The van der Waals surface area contributed by atoms with Crippen LogP contribution in [0.3, 0.4) is 0 Å². The Labute approximate surface area is 142 Å². The van der Waals surface area contributed by atoms with E-state index in [2.05, 4.69) is 53.8 Å². The molecule has 2 aliphatic rings. The minimum Gasteiger partial charge on any atom is -0.463 e. The zero-order chi connectivity index (χ0) is 17.6. The van der Waals surface area contributed by atoms with E-state index in [1.165, 1.54) is 11.1 Å². The molecule has 0 saturated carbocycles. The normalized spacial score (nSPS) is 23.8. The highest BCUT2D eigenvalue weighted by Gasteiger charge is 2.46. The van der Waals surface area contributed by atoms with Crippen molar-refractivity contribution in [3.8, 4) is 0 Å². The van der Waals surface area contributed by atoms with Gasteiger partial charge in [0, 0.05) is 17.4 Å². The maximum atomic E-state index is 12.1. The van der Waals surface area contributed by atoms with Crippen molar-refractivity contribution in [1.29, 1.82) is 0 Å². The van der Waals surface area contributed by atoms with E-state index < -0.39 is 8.32 Å². The summed E-state index contributed by atoms with van der Waals surface area (Å²) in [6, 6.07) is 0. The van der Waals surface area contributed by atoms with Gasteiger partial charge >= 0.3 is 5.97 Å². The van der Waals surface area contributed by atoms with E-state index in [4.69, 9.17) is 9.16 Å². The fraction of sp³-hybridized carbons (Fsp3) is 0.737. The fourth-order valence-electron chi connectivity index (χ4n) is 3.01. The van der Waals surface area contributed by atoms with Crippen LogP contribution in [0.15, 0.2) is 22.8 Å². The molecule has 1 atom stereocenters. The molecule has 1 unspecified atom stereocenters. The molecule has 23 heavy (non-hydrogen) atoms. The van der Waals surface area contributed by atoms with Gasteiger partial charge in [0.1, 0.15) is 0 Å². The summed E-state index contributed by atoms with van der Waals surface area (Å²) in [6.45, 7) is 18.2. The lowest BCUT2D eigenvalue weighted by Gasteiger charge is -2.47. The van der Waals surface area contributed by atoms with Gasteiger partial charge in [-0.3, -0.25) is 0 Å². The van der Waals surface area contributed by atoms with Crippen LogP contribution in [0.25, 0.3) is 0 Å². The van der Waals surface area contributed by atoms with Gasteiger partial charge in [0.25, 0.3) is 0 Å². The molecule has 0 bridgehead atoms. The Hall–Kier alpha value is -0.873. The van der Waals surface area contributed by atoms with Crippen LogP contribution in [0.4, 0.5) is 0 Å². The summed E-state index contributed by atoms with van der Waals surface area (Å²) in [5.41, 5.74) is 3.35. The van der Waals surface area contributed by atoms with Crippen LogP contribution in [0.1, 0.15) is 54.4 Å². The Morgan fingerprint density at radius 2 is 1.96 bits per heavy atom. The van der Waals surface area contributed by atoms with E-state index in [9.17, 15) is 4.79 Å². The Kier molecular flexibility index (Phi) is 4.73. The third kappa shape index (κ3) is 3.48. The minimum atomic E-state index is -1.84. The first kappa shape index (κ1) is 18.5. The molecule has 0 aromatic rings. The molecule has 130 valence electrons. The Morgan fingerprint density at radius 3 is 2.48 bits per heavy atom. The third-order valence-electron chi connectivity index (χ3n) is 5.65. The Morgan fingerprint density at radius 1 is 1.35 bits per heavy atom. The van der Waals surface area contributed by atoms with Gasteiger partial charge in [0.05, 0.1) is 12.7 Å². The van der Waals surface area contributed by atoms with Crippen LogP contribution in [-0.4, -0.2) is 27.0 Å². The second-order valence-corrected chi connectivity index (χ2v) is 13.7. The first-order valence-corrected chi connectivity index (χ1v) is 11.6. The molecule has 0 fully saturated rings. The average molecular weight is 337 g/mol. The van der Waals surface area contributed by atoms with Gasteiger partial charge < -0.3 is 9.16 Å². The summed E-state index contributed by atoms with van der Waals surface area (Å²) in [7, 11) is -1.84. The van der Waals surface area contributed by atoms with Crippen LogP contribution >= 0.6 is 0 Å². The molecule has 4 heteroatoms. The number of hydrogen-bond acceptors (Lipinski definition) is 3. The standard InChI is InChI=1S/C19H32O3Si/c1-9-21-17(20)15-10-13-12-19(5,6)16(11-14(13)15)22-23(7,8)18(2,3)4/h12,16H,9-11H2,1-8H3. The molecule has 3 nitrogen and oxygen atoms in total. The van der Waals surface area contributed by atoms with Gasteiger partial charge in [-0.15, -0.1) is 0 Å². The zero-order valence-electron chi connectivity index (χ0n) is 16.0. The van der Waals surface area contributed by atoms with Gasteiger partial charge in [0.2, 0.25) is 0 Å². The molecular weight excluding hydrogens is 304 g/mol. The summed E-state index contributed by atoms with van der Waals surface area (Å²) in [6.07, 6.45) is 4.03. The van der Waals surface area contributed by atoms with Crippen molar-refractivity contribution < 1.29 is 14.0 Å². The molecule has 0 aliphatic heterocycles. The van der Waals surface area contributed by atoms with E-state index in [0.29, 0.717) is 6.61 Å². The molecule has 0 radical (unpaired) electrons. The second-order valence-electron chi connectivity index (χ2n) is 8.92. The Bertz CT molecular complexity index is 562. The smallest absolute Gasteiger partial charge is 0.334 e. The molecule has 0 aromatic heterocycles. The van der Waals surface area contributed by atoms with Crippen LogP contribution in [-0.2, 0) is 14.0 Å². The SMILES string of the molecule is CCOC(=O)C1=C2CC(O[Si](C)(C)C(C)(C)C)C(C)(C)C=C2C1. The number of ether oxygens (including phenoxy) is 1. The maximum absolute atomic E-state index is 12.1. The van der Waals surface area contributed by atoms with Gasteiger partial charge in [-0.2, -0.15) is 0 Å². The predicted octanol–water partition coefficient (Wildman–Crippen LogP) is 5.00. The van der Waals surface area contributed by atoms with E-state index in [0.717, 1.165) is 18.4 Å². The fourth-order valence-corrected chi connectivity index (χ4v) is 4.47. The molecule has 0 spiro atoms. The van der Waals surface area contributed by atoms with Crippen LogP contribution in [0.2, 0.25) is 18.1 Å². The lowest BCUT2D eigenvalue weighted by Crippen LogP contribution is -2.49. The van der Waals surface area contributed by atoms with Crippen molar-refractivity contribution in [1.82, 2.24) is 0 Å². The van der Waals surface area contributed by atoms with Crippen LogP contribution < -0.4 is 0 Å². The molecule has 0 aromatic carbocycles. The van der Waals surface area contributed by atoms with E-state index in [1.807, 2.05) is 6.92 Å². The Balaban J connectivity index is 2.25. The number of esters is 1. The number of carbonyl (C=O) groups excluding carboxylic acids is 1. The lowest BCUT2D eigenvalue weighted by molar-refractivity contribution is -0.138. The maximum Gasteiger partial charge on any atom is 0.334 e. The number of fused-ring (bicyclic) bond motifs is 1. The first-order valence-electron chi connectivity index (χ1n) is 8.68. The zero-order valence-corrected chi connectivity index (χ0v) is 17.0. The third-order valence-corrected chi connectivity index (χ3v) is 10.1.